The molecule has 1 fully saturated rings. The third-order valence-electron chi connectivity index (χ3n) is 5.20. The molecule has 5 heteroatoms. The fraction of sp³-hybridized carbons (Fsp3) is 0.727. The number of hydrogen-bond acceptors (Lipinski definition) is 5. The van der Waals surface area contributed by atoms with Gasteiger partial charge in [0.05, 0.1) is 12.2 Å². The first-order valence-corrected chi connectivity index (χ1v) is 10.3. The van der Waals surface area contributed by atoms with Gasteiger partial charge in [-0.25, -0.2) is 0 Å². The number of carbonyl (C=O) groups excluding carboxylic acids is 2. The van der Waals surface area contributed by atoms with Crippen LogP contribution in [-0.2, 0) is 9.59 Å². The molecule has 0 aliphatic heterocycles. The Labute approximate surface area is 163 Å². The van der Waals surface area contributed by atoms with Gasteiger partial charge < -0.3 is 15.3 Å². The van der Waals surface area contributed by atoms with Crippen molar-refractivity contribution in [2.45, 2.75) is 83.3 Å². The molecule has 1 unspecified atom stereocenters. The van der Waals surface area contributed by atoms with Crippen molar-refractivity contribution < 1.29 is 24.9 Å². The third kappa shape index (κ3) is 9.45. The fourth-order valence-electron chi connectivity index (χ4n) is 3.52. The van der Waals surface area contributed by atoms with Gasteiger partial charge >= 0.3 is 0 Å². The molecule has 1 saturated carbocycles. The quantitative estimate of drug-likeness (QED) is 0.318. The number of ketones is 2. The molecule has 3 N–H and O–H groups in total. The largest absolute Gasteiger partial charge is 0.393 e. The van der Waals surface area contributed by atoms with E-state index in [9.17, 15) is 19.8 Å². The number of hydrogen-bond donors (Lipinski definition) is 3. The lowest BCUT2D eigenvalue weighted by molar-refractivity contribution is -0.122. The molecule has 0 aromatic carbocycles. The number of aliphatic hydroxyl groups is 3. The van der Waals surface area contributed by atoms with Gasteiger partial charge in [-0.05, 0) is 32.1 Å². The van der Waals surface area contributed by atoms with Crippen LogP contribution < -0.4 is 0 Å². The van der Waals surface area contributed by atoms with E-state index in [1.165, 1.54) is 0 Å². The lowest BCUT2D eigenvalue weighted by Gasteiger charge is -2.16. The first-order valence-electron chi connectivity index (χ1n) is 10.3. The average Bonchev–Trinajstić information content (AvgIpc) is 2.91. The highest BCUT2D eigenvalue weighted by atomic mass is 16.3. The Balaban J connectivity index is 2.41. The molecule has 1 aliphatic carbocycles. The summed E-state index contributed by atoms with van der Waals surface area (Å²) in [5.41, 5.74) is 0. The number of rotatable bonds is 14. The first-order chi connectivity index (χ1) is 13.0. The van der Waals surface area contributed by atoms with E-state index in [4.69, 9.17) is 5.11 Å². The van der Waals surface area contributed by atoms with E-state index in [0.717, 1.165) is 32.1 Å². The summed E-state index contributed by atoms with van der Waals surface area (Å²) < 4.78 is 0. The summed E-state index contributed by atoms with van der Waals surface area (Å²) in [7, 11) is 0. The van der Waals surface area contributed by atoms with Crippen LogP contribution in [0.2, 0.25) is 0 Å². The molecule has 154 valence electrons. The molecular formula is C22H36O5. The highest BCUT2D eigenvalue weighted by Crippen LogP contribution is 2.33. The number of aliphatic hydroxyl groups excluding tert-OH is 3. The highest BCUT2D eigenvalue weighted by Gasteiger charge is 2.38. The zero-order chi connectivity index (χ0) is 20.1. The van der Waals surface area contributed by atoms with E-state index in [1.54, 1.807) is 0 Å². The van der Waals surface area contributed by atoms with Gasteiger partial charge in [0.15, 0.2) is 5.78 Å². The molecular weight excluding hydrogens is 344 g/mol. The van der Waals surface area contributed by atoms with Gasteiger partial charge in [0.2, 0.25) is 0 Å². The van der Waals surface area contributed by atoms with Gasteiger partial charge in [0.25, 0.3) is 0 Å². The van der Waals surface area contributed by atoms with Crippen molar-refractivity contribution in [3.05, 3.63) is 24.3 Å². The van der Waals surface area contributed by atoms with Crippen molar-refractivity contribution in [3.8, 4) is 0 Å². The number of carbonyl (C=O) groups is 2. The molecule has 1 rings (SSSR count). The Hall–Kier alpha value is -1.30. The fourth-order valence-corrected chi connectivity index (χ4v) is 3.52. The minimum atomic E-state index is -0.647. The number of allylic oxidation sites excluding steroid dienone is 2. The van der Waals surface area contributed by atoms with Crippen LogP contribution in [0, 0.1) is 11.8 Å². The van der Waals surface area contributed by atoms with Crippen LogP contribution in [-0.4, -0.2) is 45.7 Å². The zero-order valence-electron chi connectivity index (χ0n) is 16.6. The van der Waals surface area contributed by atoms with Crippen molar-refractivity contribution in [1.29, 1.82) is 0 Å². The van der Waals surface area contributed by atoms with Crippen LogP contribution in [0.15, 0.2) is 24.3 Å². The van der Waals surface area contributed by atoms with Crippen LogP contribution in [0.3, 0.4) is 0 Å². The summed E-state index contributed by atoms with van der Waals surface area (Å²) in [5, 5.41) is 28.8. The van der Waals surface area contributed by atoms with Gasteiger partial charge in [-0.2, -0.15) is 0 Å². The molecule has 27 heavy (non-hydrogen) atoms. The van der Waals surface area contributed by atoms with Crippen LogP contribution in [0.5, 0.6) is 0 Å². The smallest absolute Gasteiger partial charge is 0.158 e. The highest BCUT2D eigenvalue weighted by molar-refractivity contribution is 5.84. The second-order valence-electron chi connectivity index (χ2n) is 7.53. The van der Waals surface area contributed by atoms with Gasteiger partial charge in [-0.15, -0.1) is 0 Å². The molecule has 0 saturated heterocycles. The summed E-state index contributed by atoms with van der Waals surface area (Å²) in [6.07, 6.45) is 13.9. The molecule has 5 nitrogen and oxygen atoms in total. The summed E-state index contributed by atoms with van der Waals surface area (Å²) >= 11 is 0. The summed E-state index contributed by atoms with van der Waals surface area (Å²) in [4.78, 5) is 23.2. The van der Waals surface area contributed by atoms with E-state index in [0.29, 0.717) is 25.7 Å². The van der Waals surface area contributed by atoms with Crippen molar-refractivity contribution >= 4 is 11.6 Å². The number of Topliss-reactive ketones (excluding diaryl/α,β-unsaturated/α-hetero) is 2. The van der Waals surface area contributed by atoms with E-state index >= 15 is 0 Å². The predicted octanol–water partition coefficient (Wildman–Crippen LogP) is 3.12. The Morgan fingerprint density at radius 2 is 2.00 bits per heavy atom. The standard InChI is InChI=1S/C22H36O5/c1-2-3-6-10-17(24)12-9-14-20-19(21(26)15-22(20)27)13-8-5-4-7-11-18(25)16-23/h5,8-9,14,17,19-20,22-24,27H,2-4,6-7,10-13,15-16H2,1H3/b8-5-,14-9+/t17?,19-,20-,22-/m1/s1. The Morgan fingerprint density at radius 3 is 2.70 bits per heavy atom. The van der Waals surface area contributed by atoms with E-state index in [-0.39, 0.29) is 35.9 Å². The van der Waals surface area contributed by atoms with Crippen LogP contribution in [0.25, 0.3) is 0 Å². The first kappa shape index (κ1) is 23.7. The van der Waals surface area contributed by atoms with Gasteiger partial charge in [0, 0.05) is 24.7 Å². The summed E-state index contributed by atoms with van der Waals surface area (Å²) in [5.74, 6) is -0.481. The number of unbranched alkanes of at least 4 members (excludes halogenated alkanes) is 3. The minimum Gasteiger partial charge on any atom is -0.393 e. The molecule has 0 bridgehead atoms. The minimum absolute atomic E-state index is 0.0840. The van der Waals surface area contributed by atoms with E-state index in [1.807, 2.05) is 24.3 Å². The van der Waals surface area contributed by atoms with Crippen molar-refractivity contribution in [3.63, 3.8) is 0 Å². The molecule has 0 spiro atoms. The monoisotopic (exact) mass is 380 g/mol. The zero-order valence-corrected chi connectivity index (χ0v) is 16.6. The Bertz CT molecular complexity index is 497. The van der Waals surface area contributed by atoms with E-state index < -0.39 is 12.7 Å². The topological polar surface area (TPSA) is 94.8 Å². The normalized spacial score (nSPS) is 24.3. The molecule has 0 heterocycles. The molecule has 4 atom stereocenters. The summed E-state index contributed by atoms with van der Waals surface area (Å²) in [6, 6.07) is 0. The lowest BCUT2D eigenvalue weighted by atomic mass is 9.90. The Kier molecular flexibility index (Phi) is 12.1. The maximum Gasteiger partial charge on any atom is 0.158 e. The molecule has 1 aliphatic rings. The van der Waals surface area contributed by atoms with Crippen LogP contribution in [0.4, 0.5) is 0 Å². The third-order valence-corrected chi connectivity index (χ3v) is 5.20. The van der Waals surface area contributed by atoms with Crippen LogP contribution in [0.1, 0.15) is 71.1 Å². The van der Waals surface area contributed by atoms with Crippen molar-refractivity contribution in [2.75, 3.05) is 6.61 Å². The second-order valence-corrected chi connectivity index (χ2v) is 7.53. The van der Waals surface area contributed by atoms with Gasteiger partial charge in [0.1, 0.15) is 12.4 Å². The Morgan fingerprint density at radius 1 is 1.22 bits per heavy atom. The second kappa shape index (κ2) is 13.8. The SMILES string of the molecule is CCCCCC(O)C/C=C/[C@H]1[C@H](O)CC(=O)[C@@H]1C/C=C\CCCC(=O)CO. The summed E-state index contributed by atoms with van der Waals surface area (Å²) in [6.45, 7) is 1.73. The van der Waals surface area contributed by atoms with Crippen molar-refractivity contribution in [1.82, 2.24) is 0 Å². The van der Waals surface area contributed by atoms with Gasteiger partial charge in [-0.3, -0.25) is 9.59 Å². The van der Waals surface area contributed by atoms with Gasteiger partial charge in [-0.1, -0.05) is 50.5 Å². The van der Waals surface area contributed by atoms with Crippen LogP contribution >= 0.6 is 0 Å². The maximum atomic E-state index is 12.2. The lowest BCUT2D eigenvalue weighted by Crippen LogP contribution is -2.18. The van der Waals surface area contributed by atoms with E-state index in [2.05, 4.69) is 6.92 Å². The molecule has 0 radical (unpaired) electrons. The average molecular weight is 381 g/mol. The molecule has 0 amide bonds. The molecule has 0 aromatic rings. The molecule has 0 aromatic heterocycles. The maximum absolute atomic E-state index is 12.2. The van der Waals surface area contributed by atoms with Crippen molar-refractivity contribution in [2.24, 2.45) is 11.8 Å². The predicted molar refractivity (Wildman–Crippen MR) is 106 cm³/mol.